The van der Waals surface area contributed by atoms with Crippen molar-refractivity contribution in [1.82, 2.24) is 5.32 Å². The second kappa shape index (κ2) is 8.00. The summed E-state index contributed by atoms with van der Waals surface area (Å²) >= 11 is 1.63. The van der Waals surface area contributed by atoms with Crippen LogP contribution in [0, 0.1) is 11.3 Å². The Morgan fingerprint density at radius 1 is 1.56 bits per heavy atom. The van der Waals surface area contributed by atoms with Gasteiger partial charge in [-0.25, -0.2) is 0 Å². The van der Waals surface area contributed by atoms with Gasteiger partial charge in [0.1, 0.15) is 5.54 Å². The van der Waals surface area contributed by atoms with Crippen LogP contribution in [0.15, 0.2) is 0 Å². The quantitative estimate of drug-likeness (QED) is 0.522. The fourth-order valence-corrected chi connectivity index (χ4v) is 2.78. The van der Waals surface area contributed by atoms with Crippen LogP contribution in [0.5, 0.6) is 0 Å². The number of aliphatic hydroxyl groups excluding tert-OH is 2. The first kappa shape index (κ1) is 15.8. The van der Waals surface area contributed by atoms with Crippen LogP contribution in [-0.2, 0) is 0 Å². The van der Waals surface area contributed by atoms with Gasteiger partial charge in [-0.3, -0.25) is 5.32 Å². The highest BCUT2D eigenvalue weighted by molar-refractivity contribution is 7.99. The molecule has 0 aromatic rings. The molecular formula is C13H24N2O2S. The lowest BCUT2D eigenvalue weighted by atomic mass is 9.92. The minimum absolute atomic E-state index is 0.173. The van der Waals surface area contributed by atoms with E-state index in [9.17, 15) is 10.4 Å². The third kappa shape index (κ3) is 5.57. The van der Waals surface area contributed by atoms with Crippen LogP contribution in [-0.4, -0.2) is 46.0 Å². The van der Waals surface area contributed by atoms with E-state index in [2.05, 4.69) is 18.3 Å². The van der Waals surface area contributed by atoms with Gasteiger partial charge >= 0.3 is 0 Å². The molecule has 2 atom stereocenters. The molecule has 1 aliphatic rings. The lowest BCUT2D eigenvalue weighted by Gasteiger charge is -2.26. The van der Waals surface area contributed by atoms with E-state index in [1.165, 1.54) is 12.8 Å². The summed E-state index contributed by atoms with van der Waals surface area (Å²) in [6.07, 6.45) is 4.43. The van der Waals surface area contributed by atoms with Crippen molar-refractivity contribution in [3.05, 3.63) is 0 Å². The Morgan fingerprint density at radius 2 is 2.28 bits per heavy atom. The van der Waals surface area contributed by atoms with Crippen LogP contribution in [0.2, 0.25) is 0 Å². The SMILES string of the molecule is CCC(C#N)(CCCSCC(O)CO)NC1CC1. The van der Waals surface area contributed by atoms with Crippen molar-refractivity contribution in [3.63, 3.8) is 0 Å². The Labute approximate surface area is 114 Å². The van der Waals surface area contributed by atoms with Gasteiger partial charge in [0.25, 0.3) is 0 Å². The molecule has 1 fully saturated rings. The summed E-state index contributed by atoms with van der Waals surface area (Å²) in [5, 5.41) is 30.7. The summed E-state index contributed by atoms with van der Waals surface area (Å²) in [6.45, 7) is 1.88. The van der Waals surface area contributed by atoms with E-state index in [1.807, 2.05) is 0 Å². The number of aliphatic hydroxyl groups is 2. The Hall–Kier alpha value is -0.280. The minimum atomic E-state index is -0.619. The Bertz CT molecular complexity index is 279. The standard InChI is InChI=1S/C13H24N2O2S/c1-2-13(10-14,15-11-4-5-11)6-3-7-18-9-12(17)8-16/h11-12,15-17H,2-9H2,1H3. The van der Waals surface area contributed by atoms with E-state index >= 15 is 0 Å². The minimum Gasteiger partial charge on any atom is -0.394 e. The molecule has 0 amide bonds. The summed E-state index contributed by atoms with van der Waals surface area (Å²) in [6, 6.07) is 2.99. The molecule has 1 saturated carbocycles. The van der Waals surface area contributed by atoms with Gasteiger partial charge < -0.3 is 10.2 Å². The van der Waals surface area contributed by atoms with E-state index < -0.39 is 6.10 Å². The fourth-order valence-electron chi connectivity index (χ4n) is 1.88. The highest BCUT2D eigenvalue weighted by atomic mass is 32.2. The van der Waals surface area contributed by atoms with Gasteiger partial charge in [0.2, 0.25) is 0 Å². The van der Waals surface area contributed by atoms with E-state index in [0.29, 0.717) is 11.8 Å². The number of thioether (sulfide) groups is 1. The monoisotopic (exact) mass is 272 g/mol. The van der Waals surface area contributed by atoms with Crippen molar-refractivity contribution < 1.29 is 10.2 Å². The summed E-state index contributed by atoms with van der Waals surface area (Å²) in [5.74, 6) is 1.49. The van der Waals surface area contributed by atoms with E-state index in [4.69, 9.17) is 5.11 Å². The molecule has 0 aromatic carbocycles. The molecule has 18 heavy (non-hydrogen) atoms. The maximum Gasteiger partial charge on any atom is 0.106 e. The molecule has 0 aliphatic heterocycles. The summed E-state index contributed by atoms with van der Waals surface area (Å²) in [7, 11) is 0. The van der Waals surface area contributed by atoms with Crippen molar-refractivity contribution >= 4 is 11.8 Å². The second-order valence-electron chi connectivity index (χ2n) is 4.98. The molecular weight excluding hydrogens is 248 g/mol. The molecule has 3 N–H and O–H groups in total. The van der Waals surface area contributed by atoms with Gasteiger partial charge in [-0.2, -0.15) is 17.0 Å². The molecule has 0 bridgehead atoms. The molecule has 104 valence electrons. The molecule has 1 rings (SSSR count). The van der Waals surface area contributed by atoms with Gasteiger partial charge in [-0.05, 0) is 37.9 Å². The van der Waals surface area contributed by atoms with Gasteiger partial charge in [0, 0.05) is 11.8 Å². The number of nitrogens with zero attached hydrogens (tertiary/aromatic N) is 1. The smallest absolute Gasteiger partial charge is 0.106 e. The third-order valence-electron chi connectivity index (χ3n) is 3.29. The van der Waals surface area contributed by atoms with Crippen LogP contribution in [0.1, 0.15) is 39.0 Å². The van der Waals surface area contributed by atoms with Crippen LogP contribution in [0.4, 0.5) is 0 Å². The van der Waals surface area contributed by atoms with Crippen molar-refractivity contribution in [2.24, 2.45) is 0 Å². The molecule has 5 heteroatoms. The summed E-state index contributed by atoms with van der Waals surface area (Å²) < 4.78 is 0. The molecule has 0 saturated heterocycles. The molecule has 2 unspecified atom stereocenters. The van der Waals surface area contributed by atoms with Gasteiger partial charge in [0.05, 0.1) is 18.8 Å². The molecule has 0 heterocycles. The second-order valence-corrected chi connectivity index (χ2v) is 6.13. The van der Waals surface area contributed by atoms with Crippen molar-refractivity contribution in [3.8, 4) is 6.07 Å². The Morgan fingerprint density at radius 3 is 2.78 bits per heavy atom. The zero-order valence-corrected chi connectivity index (χ0v) is 11.9. The van der Waals surface area contributed by atoms with Crippen LogP contribution in [0.3, 0.4) is 0 Å². The molecule has 0 spiro atoms. The summed E-state index contributed by atoms with van der Waals surface area (Å²) in [5.41, 5.74) is -0.364. The number of nitrogens with one attached hydrogen (secondary N) is 1. The average Bonchev–Trinajstić information content (AvgIpc) is 3.20. The molecule has 4 nitrogen and oxygen atoms in total. The van der Waals surface area contributed by atoms with Crippen LogP contribution < -0.4 is 5.32 Å². The predicted octanol–water partition coefficient (Wildman–Crippen LogP) is 1.28. The van der Waals surface area contributed by atoms with Gasteiger partial charge in [-0.1, -0.05) is 6.92 Å². The Kier molecular flexibility index (Phi) is 7.02. The van der Waals surface area contributed by atoms with E-state index in [0.717, 1.165) is 25.0 Å². The van der Waals surface area contributed by atoms with Crippen LogP contribution >= 0.6 is 11.8 Å². The number of nitriles is 1. The summed E-state index contributed by atoms with van der Waals surface area (Å²) in [4.78, 5) is 0. The van der Waals surface area contributed by atoms with E-state index in [-0.39, 0.29) is 12.1 Å². The maximum atomic E-state index is 9.34. The van der Waals surface area contributed by atoms with Crippen molar-refractivity contribution in [1.29, 1.82) is 5.26 Å². The van der Waals surface area contributed by atoms with Gasteiger partial charge in [-0.15, -0.1) is 0 Å². The van der Waals surface area contributed by atoms with Gasteiger partial charge in [0.15, 0.2) is 0 Å². The zero-order valence-electron chi connectivity index (χ0n) is 11.1. The molecule has 0 aromatic heterocycles. The average molecular weight is 272 g/mol. The first-order valence-electron chi connectivity index (χ1n) is 6.71. The normalized spacial score (nSPS) is 20.1. The lowest BCUT2D eigenvalue weighted by Crippen LogP contribution is -2.44. The largest absolute Gasteiger partial charge is 0.394 e. The third-order valence-corrected chi connectivity index (χ3v) is 4.49. The zero-order chi connectivity index (χ0) is 13.4. The first-order valence-corrected chi connectivity index (χ1v) is 7.87. The number of hydrogen-bond acceptors (Lipinski definition) is 5. The number of rotatable bonds is 10. The Balaban J connectivity index is 2.19. The first-order chi connectivity index (χ1) is 8.65. The highest BCUT2D eigenvalue weighted by Crippen LogP contribution is 2.27. The van der Waals surface area contributed by atoms with E-state index in [1.54, 1.807) is 11.8 Å². The topological polar surface area (TPSA) is 76.3 Å². The fraction of sp³-hybridized carbons (Fsp3) is 0.923. The van der Waals surface area contributed by atoms with Crippen LogP contribution in [0.25, 0.3) is 0 Å². The predicted molar refractivity (Wildman–Crippen MR) is 74.4 cm³/mol. The maximum absolute atomic E-state index is 9.34. The van der Waals surface area contributed by atoms with Crippen molar-refractivity contribution in [2.45, 2.75) is 56.7 Å². The lowest BCUT2D eigenvalue weighted by molar-refractivity contribution is 0.113. The molecule has 0 radical (unpaired) electrons. The number of hydrogen-bond donors (Lipinski definition) is 3. The van der Waals surface area contributed by atoms with Crippen molar-refractivity contribution in [2.75, 3.05) is 18.1 Å². The molecule has 1 aliphatic carbocycles. The highest BCUT2D eigenvalue weighted by Gasteiger charge is 2.34.